The van der Waals surface area contributed by atoms with E-state index in [-0.39, 0.29) is 0 Å². The molecule has 2 rings (SSSR count). The van der Waals surface area contributed by atoms with Crippen LogP contribution in [0.2, 0.25) is 0 Å². The van der Waals surface area contributed by atoms with Crippen LogP contribution in [0.25, 0.3) is 0 Å². The van der Waals surface area contributed by atoms with Gasteiger partial charge in [-0.2, -0.15) is 0 Å². The summed E-state index contributed by atoms with van der Waals surface area (Å²) in [6.07, 6.45) is 2.67. The molecular formula is C17H24N4. The van der Waals surface area contributed by atoms with Crippen LogP contribution in [0, 0.1) is 6.92 Å². The van der Waals surface area contributed by atoms with Crippen molar-refractivity contribution in [2.75, 3.05) is 17.2 Å². The summed E-state index contributed by atoms with van der Waals surface area (Å²) < 4.78 is 0. The number of hydrogen-bond acceptors (Lipinski definition) is 4. The van der Waals surface area contributed by atoms with Crippen LogP contribution in [-0.4, -0.2) is 16.5 Å². The minimum atomic E-state index is 0.546. The molecule has 0 amide bonds. The van der Waals surface area contributed by atoms with E-state index in [1.165, 1.54) is 5.56 Å². The third kappa shape index (κ3) is 3.94. The van der Waals surface area contributed by atoms with Gasteiger partial charge in [-0.25, -0.2) is 9.97 Å². The summed E-state index contributed by atoms with van der Waals surface area (Å²) in [4.78, 5) is 8.63. The zero-order valence-corrected chi connectivity index (χ0v) is 13.3. The van der Waals surface area contributed by atoms with Gasteiger partial charge in [0, 0.05) is 17.8 Å². The summed E-state index contributed by atoms with van der Waals surface area (Å²) in [7, 11) is 0. The van der Waals surface area contributed by atoms with Crippen LogP contribution in [0.3, 0.4) is 0 Å². The zero-order valence-electron chi connectivity index (χ0n) is 13.3. The maximum Gasteiger partial charge on any atom is 0.138 e. The van der Waals surface area contributed by atoms with Gasteiger partial charge in [-0.1, -0.05) is 32.9 Å². The average Bonchev–Trinajstić information content (AvgIpc) is 2.49. The van der Waals surface area contributed by atoms with E-state index in [0.29, 0.717) is 5.92 Å². The van der Waals surface area contributed by atoms with Crippen molar-refractivity contribution in [1.29, 1.82) is 0 Å². The third-order valence-electron chi connectivity index (χ3n) is 3.47. The first-order valence-corrected chi connectivity index (χ1v) is 7.54. The minimum absolute atomic E-state index is 0.546. The number of rotatable bonds is 6. The van der Waals surface area contributed by atoms with Gasteiger partial charge in [-0.3, -0.25) is 0 Å². The number of hydrogen-bond donors (Lipinski definition) is 2. The predicted molar refractivity (Wildman–Crippen MR) is 89.4 cm³/mol. The lowest BCUT2D eigenvalue weighted by Gasteiger charge is -2.13. The molecule has 4 nitrogen and oxygen atoms in total. The molecular weight excluding hydrogens is 260 g/mol. The Hall–Kier alpha value is -2.10. The van der Waals surface area contributed by atoms with Gasteiger partial charge in [0.2, 0.25) is 0 Å². The molecule has 2 N–H and O–H groups in total. The van der Waals surface area contributed by atoms with Gasteiger partial charge in [-0.15, -0.1) is 0 Å². The van der Waals surface area contributed by atoms with Gasteiger partial charge in [0.05, 0.1) is 0 Å². The Kier molecular flexibility index (Phi) is 5.14. The van der Waals surface area contributed by atoms with Crippen molar-refractivity contribution < 1.29 is 0 Å². The molecule has 0 unspecified atom stereocenters. The molecule has 0 aliphatic rings. The molecule has 0 saturated heterocycles. The molecule has 21 heavy (non-hydrogen) atoms. The molecule has 1 heterocycles. The van der Waals surface area contributed by atoms with E-state index < -0.39 is 0 Å². The first-order chi connectivity index (χ1) is 10.1. The molecule has 0 spiro atoms. The lowest BCUT2D eigenvalue weighted by Crippen LogP contribution is -2.06. The van der Waals surface area contributed by atoms with Crippen LogP contribution < -0.4 is 10.6 Å². The Bertz CT molecular complexity index is 576. The van der Waals surface area contributed by atoms with Crippen molar-refractivity contribution in [2.24, 2.45) is 0 Å². The molecule has 112 valence electrons. The summed E-state index contributed by atoms with van der Waals surface area (Å²) in [6.45, 7) is 9.48. The van der Waals surface area contributed by atoms with E-state index in [1.807, 2.05) is 6.92 Å². The zero-order chi connectivity index (χ0) is 15.2. The standard InChI is InChI=1S/C17H24N4/c1-5-10-18-16-13(4)17(20-11-19-16)21-15-8-6-14(7-9-15)12(2)3/h6-9,11-12H,5,10H2,1-4H3,(H2,18,19,20,21). The number of aromatic nitrogens is 2. The normalized spacial score (nSPS) is 10.7. The Morgan fingerprint density at radius 2 is 1.71 bits per heavy atom. The highest BCUT2D eigenvalue weighted by atomic mass is 15.1. The second-order valence-electron chi connectivity index (χ2n) is 5.52. The highest BCUT2D eigenvalue weighted by Crippen LogP contribution is 2.23. The third-order valence-corrected chi connectivity index (χ3v) is 3.47. The fourth-order valence-corrected chi connectivity index (χ4v) is 2.09. The van der Waals surface area contributed by atoms with E-state index in [1.54, 1.807) is 6.33 Å². The second-order valence-corrected chi connectivity index (χ2v) is 5.52. The summed E-state index contributed by atoms with van der Waals surface area (Å²) >= 11 is 0. The number of nitrogens with zero attached hydrogens (tertiary/aromatic N) is 2. The van der Waals surface area contributed by atoms with Crippen molar-refractivity contribution >= 4 is 17.3 Å². The Morgan fingerprint density at radius 1 is 1.05 bits per heavy atom. The van der Waals surface area contributed by atoms with Crippen molar-refractivity contribution in [3.63, 3.8) is 0 Å². The molecule has 4 heteroatoms. The van der Waals surface area contributed by atoms with E-state index in [2.05, 4.69) is 65.6 Å². The highest BCUT2D eigenvalue weighted by molar-refractivity contribution is 5.64. The van der Waals surface area contributed by atoms with Crippen molar-refractivity contribution in [2.45, 2.75) is 40.0 Å². The first kappa shape index (κ1) is 15.3. The first-order valence-electron chi connectivity index (χ1n) is 7.54. The van der Waals surface area contributed by atoms with Crippen LogP contribution >= 0.6 is 0 Å². The van der Waals surface area contributed by atoms with Gasteiger partial charge in [0.25, 0.3) is 0 Å². The topological polar surface area (TPSA) is 49.8 Å². The van der Waals surface area contributed by atoms with Crippen LogP contribution in [0.5, 0.6) is 0 Å². The Morgan fingerprint density at radius 3 is 2.33 bits per heavy atom. The van der Waals surface area contributed by atoms with Crippen LogP contribution in [0.1, 0.15) is 44.2 Å². The average molecular weight is 284 g/mol. The van der Waals surface area contributed by atoms with Gasteiger partial charge in [0.1, 0.15) is 18.0 Å². The largest absolute Gasteiger partial charge is 0.370 e. The highest BCUT2D eigenvalue weighted by Gasteiger charge is 2.07. The van der Waals surface area contributed by atoms with Gasteiger partial charge < -0.3 is 10.6 Å². The molecule has 0 aliphatic carbocycles. The van der Waals surface area contributed by atoms with E-state index in [0.717, 1.165) is 35.9 Å². The maximum atomic E-state index is 4.34. The minimum Gasteiger partial charge on any atom is -0.370 e. The summed E-state index contributed by atoms with van der Waals surface area (Å²) in [5.74, 6) is 2.29. The lowest BCUT2D eigenvalue weighted by molar-refractivity contribution is 0.867. The molecule has 1 aromatic carbocycles. The fraction of sp³-hybridized carbons (Fsp3) is 0.412. The van der Waals surface area contributed by atoms with Gasteiger partial charge >= 0.3 is 0 Å². The molecule has 0 saturated carbocycles. The van der Waals surface area contributed by atoms with E-state index in [4.69, 9.17) is 0 Å². The van der Waals surface area contributed by atoms with E-state index >= 15 is 0 Å². The van der Waals surface area contributed by atoms with Crippen molar-refractivity contribution in [1.82, 2.24) is 9.97 Å². The van der Waals surface area contributed by atoms with Gasteiger partial charge in [0.15, 0.2) is 0 Å². The number of anilines is 3. The van der Waals surface area contributed by atoms with E-state index in [9.17, 15) is 0 Å². The van der Waals surface area contributed by atoms with Crippen molar-refractivity contribution in [3.05, 3.63) is 41.7 Å². The molecule has 1 aromatic heterocycles. The number of benzene rings is 1. The number of nitrogens with one attached hydrogen (secondary N) is 2. The van der Waals surface area contributed by atoms with Gasteiger partial charge in [-0.05, 0) is 37.0 Å². The quantitative estimate of drug-likeness (QED) is 0.821. The summed E-state index contributed by atoms with van der Waals surface area (Å²) in [5, 5.41) is 6.69. The predicted octanol–water partition coefficient (Wildman–Crippen LogP) is 4.47. The molecule has 0 aliphatic heterocycles. The van der Waals surface area contributed by atoms with Crippen molar-refractivity contribution in [3.8, 4) is 0 Å². The SMILES string of the molecule is CCCNc1ncnc(Nc2ccc(C(C)C)cc2)c1C. The summed E-state index contributed by atoms with van der Waals surface area (Å²) in [5.41, 5.74) is 3.42. The monoisotopic (exact) mass is 284 g/mol. The van der Waals surface area contributed by atoms with Crippen LogP contribution in [-0.2, 0) is 0 Å². The Labute approximate surface area is 127 Å². The second kappa shape index (κ2) is 7.07. The van der Waals surface area contributed by atoms with Crippen LogP contribution in [0.15, 0.2) is 30.6 Å². The maximum absolute atomic E-state index is 4.34. The Balaban J connectivity index is 2.15. The molecule has 2 aromatic rings. The smallest absolute Gasteiger partial charge is 0.138 e. The molecule has 0 atom stereocenters. The van der Waals surface area contributed by atoms with Crippen LogP contribution in [0.4, 0.5) is 17.3 Å². The molecule has 0 bridgehead atoms. The molecule has 0 fully saturated rings. The lowest BCUT2D eigenvalue weighted by atomic mass is 10.0. The summed E-state index contributed by atoms with van der Waals surface area (Å²) in [6, 6.07) is 8.49. The molecule has 0 radical (unpaired) electrons. The fourth-order valence-electron chi connectivity index (χ4n) is 2.09.